The van der Waals surface area contributed by atoms with Crippen LogP contribution in [-0.2, 0) is 20.8 Å². The van der Waals surface area contributed by atoms with Crippen molar-refractivity contribution in [2.24, 2.45) is 10.5 Å². The molecule has 2 aliphatic rings. The van der Waals surface area contributed by atoms with Crippen LogP contribution in [0.4, 0.5) is 0 Å². The molecule has 9 nitrogen and oxygen atoms in total. The molecule has 0 aromatic heterocycles. The van der Waals surface area contributed by atoms with Gasteiger partial charge in [-0.2, -0.15) is 0 Å². The lowest BCUT2D eigenvalue weighted by Crippen LogP contribution is -2.59. The third-order valence-corrected chi connectivity index (χ3v) is 7.32. The Balaban J connectivity index is 1.84. The average Bonchev–Trinajstić information content (AvgIpc) is 3.25. The van der Waals surface area contributed by atoms with Crippen molar-refractivity contribution in [1.82, 2.24) is 15.5 Å². The normalized spacial score (nSPS) is 23.6. The van der Waals surface area contributed by atoms with E-state index in [0.29, 0.717) is 12.8 Å². The summed E-state index contributed by atoms with van der Waals surface area (Å²) in [6.45, 7) is 7.55. The van der Waals surface area contributed by atoms with Crippen molar-refractivity contribution in [2.45, 2.75) is 89.9 Å². The van der Waals surface area contributed by atoms with Crippen molar-refractivity contribution in [1.29, 1.82) is 0 Å². The van der Waals surface area contributed by atoms with E-state index in [2.05, 4.69) is 32.8 Å². The summed E-state index contributed by atoms with van der Waals surface area (Å²) in [5, 5.41) is 9.60. The molecule has 190 valence electrons. The SMILES string of the molecule is CN[C@@H](C)C(=O)N[C@H](C(=O)N1C[C@@H](N=[N+]=[N-])C[C@H]1C(=O)C[C@@H]1CCCc2ccccc21)C(C)(C)C. The summed E-state index contributed by atoms with van der Waals surface area (Å²) < 4.78 is 0. The molecule has 0 spiro atoms. The van der Waals surface area contributed by atoms with Crippen LogP contribution in [0.1, 0.15) is 70.4 Å². The fraction of sp³-hybridized carbons (Fsp3) is 0.654. The Morgan fingerprint density at radius 2 is 1.97 bits per heavy atom. The minimum atomic E-state index is -0.818. The fourth-order valence-electron chi connectivity index (χ4n) is 5.18. The van der Waals surface area contributed by atoms with Gasteiger partial charge in [0.05, 0.1) is 18.1 Å². The lowest BCUT2D eigenvalue weighted by atomic mass is 9.79. The van der Waals surface area contributed by atoms with E-state index in [-0.39, 0.29) is 30.1 Å². The first-order valence-electron chi connectivity index (χ1n) is 12.5. The van der Waals surface area contributed by atoms with Gasteiger partial charge < -0.3 is 15.5 Å². The fourth-order valence-corrected chi connectivity index (χ4v) is 5.18. The van der Waals surface area contributed by atoms with Gasteiger partial charge in [-0.3, -0.25) is 14.4 Å². The van der Waals surface area contributed by atoms with E-state index >= 15 is 0 Å². The monoisotopic (exact) mass is 482 g/mol. The minimum absolute atomic E-state index is 0.0155. The molecule has 2 amide bonds. The molecule has 1 aliphatic carbocycles. The van der Waals surface area contributed by atoms with Crippen LogP contribution in [0.2, 0.25) is 0 Å². The highest BCUT2D eigenvalue weighted by Crippen LogP contribution is 2.36. The highest BCUT2D eigenvalue weighted by Gasteiger charge is 2.45. The number of nitrogens with one attached hydrogen (secondary N) is 2. The molecular formula is C26H38N6O3. The number of aryl methyl sites for hydroxylation is 1. The zero-order valence-corrected chi connectivity index (χ0v) is 21.5. The molecule has 1 fully saturated rings. The second-order valence-electron chi connectivity index (χ2n) is 10.9. The van der Waals surface area contributed by atoms with Crippen molar-refractivity contribution in [2.75, 3.05) is 13.6 Å². The summed E-state index contributed by atoms with van der Waals surface area (Å²) >= 11 is 0. The highest BCUT2D eigenvalue weighted by atomic mass is 16.2. The Hall–Kier alpha value is -2.90. The van der Waals surface area contributed by atoms with E-state index in [0.717, 1.165) is 19.3 Å². The predicted octanol–water partition coefficient (Wildman–Crippen LogP) is 3.48. The van der Waals surface area contributed by atoms with Crippen molar-refractivity contribution in [3.05, 3.63) is 45.8 Å². The van der Waals surface area contributed by atoms with Gasteiger partial charge in [0, 0.05) is 17.9 Å². The number of amides is 2. The molecule has 5 atom stereocenters. The topological polar surface area (TPSA) is 127 Å². The van der Waals surface area contributed by atoms with Crippen molar-refractivity contribution in [3.8, 4) is 0 Å². The van der Waals surface area contributed by atoms with Crippen molar-refractivity contribution >= 4 is 17.6 Å². The maximum Gasteiger partial charge on any atom is 0.246 e. The number of likely N-dealkylation sites (tertiary alicyclic amines) is 1. The molecule has 35 heavy (non-hydrogen) atoms. The molecule has 0 radical (unpaired) electrons. The Kier molecular flexibility index (Phi) is 8.56. The maximum atomic E-state index is 13.8. The number of carbonyl (C=O) groups is 3. The van der Waals surface area contributed by atoms with Gasteiger partial charge in [0.1, 0.15) is 6.04 Å². The molecule has 1 aromatic carbocycles. The van der Waals surface area contributed by atoms with E-state index in [9.17, 15) is 14.4 Å². The molecule has 3 rings (SSSR count). The van der Waals surface area contributed by atoms with Crippen molar-refractivity contribution < 1.29 is 14.4 Å². The van der Waals surface area contributed by atoms with Gasteiger partial charge in [-0.05, 0) is 67.6 Å². The maximum absolute atomic E-state index is 13.8. The summed E-state index contributed by atoms with van der Waals surface area (Å²) in [6.07, 6.45) is 3.64. The molecular weight excluding hydrogens is 444 g/mol. The number of ketones is 1. The van der Waals surface area contributed by atoms with Crippen LogP contribution >= 0.6 is 0 Å². The van der Waals surface area contributed by atoms with Gasteiger partial charge in [-0.1, -0.05) is 50.2 Å². The van der Waals surface area contributed by atoms with Crippen LogP contribution in [0, 0.1) is 5.41 Å². The number of carbonyl (C=O) groups excluding carboxylic acids is 3. The first kappa shape index (κ1) is 26.7. The lowest BCUT2D eigenvalue weighted by molar-refractivity contribution is -0.143. The second-order valence-corrected chi connectivity index (χ2v) is 10.9. The van der Waals surface area contributed by atoms with Gasteiger partial charge in [-0.15, -0.1) is 0 Å². The lowest BCUT2D eigenvalue weighted by Gasteiger charge is -2.36. The largest absolute Gasteiger partial charge is 0.342 e. The van der Waals surface area contributed by atoms with Crippen LogP contribution in [0.5, 0.6) is 0 Å². The first-order valence-corrected chi connectivity index (χ1v) is 12.5. The third-order valence-electron chi connectivity index (χ3n) is 7.32. The van der Waals surface area contributed by atoms with Gasteiger partial charge in [0.25, 0.3) is 0 Å². The Bertz CT molecular complexity index is 997. The third kappa shape index (κ3) is 6.21. The standard InChI is InChI=1S/C26H38N6O3/c1-16(28-5)24(34)29-23(26(2,3)4)25(35)32-15-19(30-31-27)14-21(32)22(33)13-18-11-8-10-17-9-6-7-12-20(17)18/h6-7,9,12,16,18-19,21,23,28H,8,10-11,13-15H2,1-5H3,(H,29,34)/t16-,18-,19-,21-,23+/m0/s1. The molecule has 0 bridgehead atoms. The zero-order valence-electron chi connectivity index (χ0n) is 21.5. The van der Waals surface area contributed by atoms with E-state index in [1.807, 2.05) is 32.9 Å². The molecule has 1 aromatic rings. The van der Waals surface area contributed by atoms with E-state index in [1.54, 1.807) is 14.0 Å². The molecule has 1 saturated heterocycles. The summed E-state index contributed by atoms with van der Waals surface area (Å²) in [5.41, 5.74) is 10.9. The van der Waals surface area contributed by atoms with Crippen molar-refractivity contribution in [3.63, 3.8) is 0 Å². The number of Topliss-reactive ketones (excluding diaryl/α,β-unsaturated/α-hetero) is 1. The van der Waals surface area contributed by atoms with E-state index < -0.39 is 29.6 Å². The summed E-state index contributed by atoms with van der Waals surface area (Å²) in [5.74, 6) is -0.490. The number of azide groups is 1. The van der Waals surface area contributed by atoms with Gasteiger partial charge in [-0.25, -0.2) is 0 Å². The molecule has 0 unspecified atom stereocenters. The average molecular weight is 483 g/mol. The molecule has 9 heteroatoms. The number of fused-ring (bicyclic) bond motifs is 1. The Morgan fingerprint density at radius 3 is 2.63 bits per heavy atom. The number of nitrogens with zero attached hydrogens (tertiary/aromatic N) is 4. The quantitative estimate of drug-likeness (QED) is 0.334. The highest BCUT2D eigenvalue weighted by molar-refractivity contribution is 5.94. The first-order chi connectivity index (χ1) is 16.6. The van der Waals surface area contributed by atoms with Gasteiger partial charge in [0.2, 0.25) is 11.8 Å². The minimum Gasteiger partial charge on any atom is -0.342 e. The van der Waals surface area contributed by atoms with Crippen LogP contribution in [0.3, 0.4) is 0 Å². The van der Waals surface area contributed by atoms with Crippen LogP contribution < -0.4 is 10.6 Å². The molecule has 1 aliphatic heterocycles. The smallest absolute Gasteiger partial charge is 0.246 e. The molecule has 2 N–H and O–H groups in total. The molecule has 1 heterocycles. The summed E-state index contributed by atoms with van der Waals surface area (Å²) in [4.78, 5) is 44.5. The van der Waals surface area contributed by atoms with Gasteiger partial charge >= 0.3 is 0 Å². The summed E-state index contributed by atoms with van der Waals surface area (Å²) in [7, 11) is 1.68. The van der Waals surface area contributed by atoms with E-state index in [1.165, 1.54) is 16.0 Å². The number of hydrogen-bond donors (Lipinski definition) is 2. The predicted molar refractivity (Wildman–Crippen MR) is 135 cm³/mol. The van der Waals surface area contributed by atoms with Gasteiger partial charge in [0.15, 0.2) is 5.78 Å². The Labute approximate surface area is 207 Å². The van der Waals surface area contributed by atoms with Crippen LogP contribution in [0.25, 0.3) is 10.4 Å². The summed E-state index contributed by atoms with van der Waals surface area (Å²) in [6, 6.07) is 5.83. The van der Waals surface area contributed by atoms with Crippen LogP contribution in [0.15, 0.2) is 29.4 Å². The number of rotatable bonds is 8. The Morgan fingerprint density at radius 1 is 1.26 bits per heavy atom. The molecule has 0 saturated carbocycles. The second kappa shape index (κ2) is 11.2. The number of hydrogen-bond acceptors (Lipinski definition) is 5. The van der Waals surface area contributed by atoms with E-state index in [4.69, 9.17) is 5.53 Å². The zero-order chi connectivity index (χ0) is 25.8. The number of likely N-dealkylation sites (N-methyl/N-ethyl adjacent to an activating group) is 1. The van der Waals surface area contributed by atoms with Crippen LogP contribution in [-0.4, -0.2) is 60.3 Å². The number of benzene rings is 1.